The zero-order valence-corrected chi connectivity index (χ0v) is 19.6. The Labute approximate surface area is 206 Å². The van der Waals surface area contributed by atoms with Crippen molar-refractivity contribution in [3.05, 3.63) is 112 Å². The number of carbonyl (C=O) groups is 1. The number of carbonyl (C=O) groups excluding carboxylic acids is 1. The minimum absolute atomic E-state index is 0.0273. The van der Waals surface area contributed by atoms with Crippen LogP contribution in [0.25, 0.3) is 16.7 Å². The Kier molecular flexibility index (Phi) is 6.27. The number of benzene rings is 1. The van der Waals surface area contributed by atoms with Crippen molar-refractivity contribution in [2.24, 2.45) is 0 Å². The van der Waals surface area contributed by atoms with E-state index in [1.165, 1.54) is 10.5 Å². The highest BCUT2D eigenvalue weighted by Gasteiger charge is 2.17. The average Bonchev–Trinajstić information content (AvgIpc) is 2.91. The first-order chi connectivity index (χ1) is 17.5. The molecule has 0 bridgehead atoms. The van der Waals surface area contributed by atoms with Gasteiger partial charge in [-0.15, -0.1) is 0 Å². The fourth-order valence-corrected chi connectivity index (χ4v) is 4.10. The van der Waals surface area contributed by atoms with E-state index in [-0.39, 0.29) is 28.5 Å². The second kappa shape index (κ2) is 9.83. The average molecular weight is 481 g/mol. The fraction of sp³-hybridized carbons (Fsp3) is 0.148. The summed E-state index contributed by atoms with van der Waals surface area (Å²) in [6.45, 7) is 0.617. The molecule has 0 aliphatic carbocycles. The van der Waals surface area contributed by atoms with Gasteiger partial charge in [-0.05, 0) is 53.9 Å². The molecule has 5 aromatic rings. The minimum atomic E-state index is -0.423. The summed E-state index contributed by atoms with van der Waals surface area (Å²) in [6.07, 6.45) is 5.60. The quantitative estimate of drug-likeness (QED) is 0.348. The van der Waals surface area contributed by atoms with Crippen molar-refractivity contribution in [1.82, 2.24) is 24.3 Å². The third kappa shape index (κ3) is 4.46. The summed E-state index contributed by atoms with van der Waals surface area (Å²) >= 11 is 0. The Morgan fingerprint density at radius 1 is 1.08 bits per heavy atom. The molecule has 1 amide bonds. The van der Waals surface area contributed by atoms with Crippen LogP contribution in [0.1, 0.15) is 21.5 Å². The molecule has 2 N–H and O–H groups in total. The van der Waals surface area contributed by atoms with Gasteiger partial charge in [0.25, 0.3) is 11.5 Å². The van der Waals surface area contributed by atoms with Crippen LogP contribution < -0.4 is 21.1 Å². The van der Waals surface area contributed by atoms with Gasteiger partial charge < -0.3 is 14.6 Å². The molecule has 0 atom stereocenters. The van der Waals surface area contributed by atoms with Crippen LogP contribution in [0.15, 0.2) is 84.0 Å². The van der Waals surface area contributed by atoms with Gasteiger partial charge in [-0.25, -0.2) is 4.98 Å². The molecular formula is C27H24N6O3. The highest BCUT2D eigenvalue weighted by atomic mass is 16.5. The summed E-state index contributed by atoms with van der Waals surface area (Å²) in [5, 5.41) is 12.0. The third-order valence-electron chi connectivity index (χ3n) is 5.98. The molecule has 0 unspecified atom stereocenters. The standard InChI is InChI=1S/C27H24N6O3/c1-36-20-9-7-18(8-10-20)11-13-30-26(34)21-15-22-25(31-23-6-2-3-14-32(23)27(22)35)33(24(21)28)17-19-5-4-12-29-16-19/h2-10,12,14-16,28H,11,13,17H2,1H3,(H,30,34). The van der Waals surface area contributed by atoms with Crippen LogP contribution in [0.4, 0.5) is 0 Å². The molecule has 0 saturated heterocycles. The third-order valence-corrected chi connectivity index (χ3v) is 5.98. The van der Waals surface area contributed by atoms with Gasteiger partial charge in [-0.2, -0.15) is 0 Å². The Balaban J connectivity index is 1.53. The maximum absolute atomic E-state index is 13.3. The summed E-state index contributed by atoms with van der Waals surface area (Å²) in [7, 11) is 1.61. The number of hydrogen-bond donors (Lipinski definition) is 2. The lowest BCUT2D eigenvalue weighted by atomic mass is 10.1. The number of nitrogens with zero attached hydrogens (tertiary/aromatic N) is 4. The summed E-state index contributed by atoms with van der Waals surface area (Å²) in [6, 6.07) is 18.0. The lowest BCUT2D eigenvalue weighted by molar-refractivity contribution is 0.0951. The lowest BCUT2D eigenvalue weighted by Crippen LogP contribution is -2.35. The number of rotatable bonds is 7. The fourth-order valence-electron chi connectivity index (χ4n) is 4.10. The molecule has 9 nitrogen and oxygen atoms in total. The predicted octanol–water partition coefficient (Wildman–Crippen LogP) is 2.55. The molecule has 4 aromatic heterocycles. The van der Waals surface area contributed by atoms with Gasteiger partial charge in [-0.1, -0.05) is 24.3 Å². The molecule has 5 rings (SSSR count). The van der Waals surface area contributed by atoms with E-state index in [0.717, 1.165) is 16.9 Å². The number of nitrogens with one attached hydrogen (secondary N) is 2. The van der Waals surface area contributed by atoms with Gasteiger partial charge in [0.2, 0.25) is 0 Å². The first-order valence-electron chi connectivity index (χ1n) is 11.4. The van der Waals surface area contributed by atoms with Crippen LogP contribution in [-0.2, 0) is 13.0 Å². The molecule has 1 aromatic carbocycles. The van der Waals surface area contributed by atoms with E-state index < -0.39 is 5.91 Å². The van der Waals surface area contributed by atoms with Gasteiger partial charge in [0.05, 0.1) is 24.6 Å². The topological polar surface area (TPSA) is 114 Å². The van der Waals surface area contributed by atoms with Gasteiger partial charge in [0, 0.05) is 25.1 Å². The Hall–Kier alpha value is -4.79. The zero-order chi connectivity index (χ0) is 25.1. The van der Waals surface area contributed by atoms with E-state index in [1.54, 1.807) is 54.5 Å². The number of methoxy groups -OCH3 is 1. The van der Waals surface area contributed by atoms with E-state index in [2.05, 4.69) is 15.3 Å². The summed E-state index contributed by atoms with van der Waals surface area (Å²) in [4.78, 5) is 35.3. The molecule has 4 heterocycles. The second-order valence-electron chi connectivity index (χ2n) is 8.29. The molecule has 0 radical (unpaired) electrons. The van der Waals surface area contributed by atoms with Crippen LogP contribution in [0.3, 0.4) is 0 Å². The smallest absolute Gasteiger partial charge is 0.267 e. The molecule has 180 valence electrons. The van der Waals surface area contributed by atoms with Crippen molar-refractivity contribution in [1.29, 1.82) is 5.41 Å². The highest BCUT2D eigenvalue weighted by molar-refractivity contribution is 5.96. The van der Waals surface area contributed by atoms with E-state index in [4.69, 9.17) is 10.1 Å². The SMILES string of the molecule is COc1ccc(CCNC(=O)c2cc3c(=O)n4ccccc4nc3n(Cc3cccnc3)c2=N)cc1. The maximum atomic E-state index is 13.3. The Morgan fingerprint density at radius 3 is 2.67 bits per heavy atom. The van der Waals surface area contributed by atoms with Crippen LogP contribution in [0.2, 0.25) is 0 Å². The van der Waals surface area contributed by atoms with E-state index >= 15 is 0 Å². The van der Waals surface area contributed by atoms with Crippen molar-refractivity contribution < 1.29 is 9.53 Å². The first kappa shape index (κ1) is 23.0. The van der Waals surface area contributed by atoms with Gasteiger partial charge in [0.1, 0.15) is 22.5 Å². The molecule has 9 heteroatoms. The summed E-state index contributed by atoms with van der Waals surface area (Å²) in [5.74, 6) is 0.344. The number of amides is 1. The Bertz CT molecular complexity index is 1670. The summed E-state index contributed by atoms with van der Waals surface area (Å²) in [5.41, 5.74) is 2.45. The molecule has 0 aliphatic rings. The molecule has 0 saturated carbocycles. The van der Waals surface area contributed by atoms with E-state index in [0.29, 0.717) is 24.3 Å². The Morgan fingerprint density at radius 2 is 1.92 bits per heavy atom. The minimum Gasteiger partial charge on any atom is -0.497 e. The number of pyridine rings is 3. The molecule has 0 fully saturated rings. The highest BCUT2D eigenvalue weighted by Crippen LogP contribution is 2.13. The number of ether oxygens (including phenoxy) is 1. The molecular weight excluding hydrogens is 456 g/mol. The number of fused-ring (bicyclic) bond motifs is 2. The molecule has 0 aliphatic heterocycles. The van der Waals surface area contributed by atoms with Gasteiger partial charge >= 0.3 is 0 Å². The summed E-state index contributed by atoms with van der Waals surface area (Å²) < 4.78 is 8.20. The monoisotopic (exact) mass is 480 g/mol. The second-order valence-corrected chi connectivity index (χ2v) is 8.29. The van der Waals surface area contributed by atoms with Crippen molar-refractivity contribution in [3.63, 3.8) is 0 Å². The van der Waals surface area contributed by atoms with Gasteiger partial charge in [0.15, 0.2) is 0 Å². The zero-order valence-electron chi connectivity index (χ0n) is 19.6. The van der Waals surface area contributed by atoms with Crippen LogP contribution in [-0.4, -0.2) is 38.5 Å². The maximum Gasteiger partial charge on any atom is 0.267 e. The van der Waals surface area contributed by atoms with Crippen LogP contribution >= 0.6 is 0 Å². The normalized spacial score (nSPS) is 11.0. The van der Waals surface area contributed by atoms with Crippen LogP contribution in [0, 0.1) is 5.41 Å². The van der Waals surface area contributed by atoms with E-state index in [1.807, 2.05) is 30.3 Å². The largest absolute Gasteiger partial charge is 0.497 e. The van der Waals surface area contributed by atoms with Crippen molar-refractivity contribution in [3.8, 4) is 5.75 Å². The number of hydrogen-bond acceptors (Lipinski definition) is 6. The lowest BCUT2D eigenvalue weighted by Gasteiger charge is -2.15. The molecule has 0 spiro atoms. The van der Waals surface area contributed by atoms with Crippen molar-refractivity contribution in [2.45, 2.75) is 13.0 Å². The van der Waals surface area contributed by atoms with E-state index in [9.17, 15) is 9.59 Å². The molecule has 36 heavy (non-hydrogen) atoms. The number of aromatic nitrogens is 4. The van der Waals surface area contributed by atoms with Crippen molar-refractivity contribution >= 4 is 22.6 Å². The van der Waals surface area contributed by atoms with Gasteiger partial charge in [-0.3, -0.25) is 24.4 Å². The van der Waals surface area contributed by atoms with Crippen molar-refractivity contribution in [2.75, 3.05) is 13.7 Å². The van der Waals surface area contributed by atoms with Crippen LogP contribution in [0.5, 0.6) is 5.75 Å². The predicted molar refractivity (Wildman–Crippen MR) is 135 cm³/mol. The first-order valence-corrected chi connectivity index (χ1v) is 11.4.